The summed E-state index contributed by atoms with van der Waals surface area (Å²) in [6.07, 6.45) is 0. The molecular formula is C17H20N4O4S. The Kier molecular flexibility index (Phi) is 4.66. The lowest BCUT2D eigenvalue weighted by molar-refractivity contribution is -0.139. The Hall–Kier alpha value is -2.55. The summed E-state index contributed by atoms with van der Waals surface area (Å²) in [5.41, 5.74) is 1.33. The number of nitrogens with one attached hydrogen (secondary N) is 1. The molecule has 0 unspecified atom stereocenters. The first-order valence-electron chi connectivity index (χ1n) is 8.30. The predicted octanol–water partition coefficient (Wildman–Crippen LogP) is 1.61. The van der Waals surface area contributed by atoms with Gasteiger partial charge in [-0.2, -0.15) is 5.01 Å². The van der Waals surface area contributed by atoms with Crippen LogP contribution in [-0.2, 0) is 19.3 Å². The van der Waals surface area contributed by atoms with Gasteiger partial charge in [0.05, 0.1) is 12.3 Å². The molecule has 0 radical (unpaired) electrons. The van der Waals surface area contributed by atoms with Crippen LogP contribution >= 0.6 is 11.8 Å². The molecule has 1 atom stereocenters. The van der Waals surface area contributed by atoms with Crippen LogP contribution in [0.25, 0.3) is 0 Å². The van der Waals surface area contributed by atoms with Gasteiger partial charge < -0.3 is 15.0 Å². The van der Waals surface area contributed by atoms with Crippen molar-refractivity contribution in [1.82, 2.24) is 10.3 Å². The highest BCUT2D eigenvalue weighted by molar-refractivity contribution is 8.15. The first-order valence-corrected chi connectivity index (χ1v) is 9.12. The van der Waals surface area contributed by atoms with Crippen LogP contribution in [0.15, 0.2) is 23.3 Å². The minimum atomic E-state index is -1.37. The molecule has 0 saturated carbocycles. The Morgan fingerprint density at radius 2 is 2.04 bits per heavy atom. The van der Waals surface area contributed by atoms with Gasteiger partial charge in [0.15, 0.2) is 5.17 Å². The number of likely N-dealkylation sites (N-methyl/N-ethyl adjacent to an activating group) is 1. The van der Waals surface area contributed by atoms with Crippen molar-refractivity contribution in [3.63, 3.8) is 0 Å². The van der Waals surface area contributed by atoms with E-state index in [1.807, 2.05) is 19.9 Å². The van der Waals surface area contributed by atoms with E-state index in [0.717, 1.165) is 16.8 Å². The van der Waals surface area contributed by atoms with Crippen LogP contribution < -0.4 is 15.0 Å². The summed E-state index contributed by atoms with van der Waals surface area (Å²) in [7, 11) is 0. The van der Waals surface area contributed by atoms with E-state index in [0.29, 0.717) is 30.2 Å². The Morgan fingerprint density at radius 1 is 1.31 bits per heavy atom. The van der Waals surface area contributed by atoms with Crippen LogP contribution in [0.5, 0.6) is 5.75 Å². The minimum absolute atomic E-state index is 0.215. The molecule has 1 N–H and O–H groups in total. The van der Waals surface area contributed by atoms with Crippen molar-refractivity contribution < 1.29 is 19.1 Å². The van der Waals surface area contributed by atoms with Gasteiger partial charge in [0.2, 0.25) is 16.7 Å². The SMILES string of the molecule is CCOc1ccc2c(c1)[C@]1(SC(NC(C)=O)=NN1C(C)=O)C(=O)N2CC. The topological polar surface area (TPSA) is 91.3 Å². The van der Waals surface area contributed by atoms with Crippen LogP contribution in [-0.4, -0.2) is 41.0 Å². The van der Waals surface area contributed by atoms with Gasteiger partial charge in [-0.25, -0.2) is 0 Å². The zero-order valence-electron chi connectivity index (χ0n) is 15.0. The molecule has 0 aliphatic carbocycles. The van der Waals surface area contributed by atoms with Gasteiger partial charge in [-0.05, 0) is 43.8 Å². The number of anilines is 1. The largest absolute Gasteiger partial charge is 0.494 e. The second kappa shape index (κ2) is 6.64. The smallest absolute Gasteiger partial charge is 0.270 e. The normalized spacial score (nSPS) is 21.1. The van der Waals surface area contributed by atoms with Gasteiger partial charge >= 0.3 is 0 Å². The predicted molar refractivity (Wildman–Crippen MR) is 98.7 cm³/mol. The quantitative estimate of drug-likeness (QED) is 0.865. The molecule has 2 aliphatic rings. The molecule has 26 heavy (non-hydrogen) atoms. The van der Waals surface area contributed by atoms with Gasteiger partial charge in [-0.15, -0.1) is 5.10 Å². The molecular weight excluding hydrogens is 356 g/mol. The lowest BCUT2D eigenvalue weighted by atomic mass is 10.1. The first-order chi connectivity index (χ1) is 12.3. The third kappa shape index (κ3) is 2.63. The van der Waals surface area contributed by atoms with Crippen molar-refractivity contribution in [3.8, 4) is 5.75 Å². The summed E-state index contributed by atoms with van der Waals surface area (Å²) in [4.78, 5) is 37.3. The summed E-state index contributed by atoms with van der Waals surface area (Å²) in [6, 6.07) is 5.37. The van der Waals surface area contributed by atoms with E-state index < -0.39 is 10.8 Å². The second-order valence-corrected chi connectivity index (χ2v) is 7.01. The molecule has 8 nitrogen and oxygen atoms in total. The average molecular weight is 376 g/mol. The summed E-state index contributed by atoms with van der Waals surface area (Å²) < 4.78 is 5.58. The highest BCUT2D eigenvalue weighted by Crippen LogP contribution is 2.55. The van der Waals surface area contributed by atoms with Crippen LogP contribution in [0.2, 0.25) is 0 Å². The third-order valence-corrected chi connectivity index (χ3v) is 5.34. The van der Waals surface area contributed by atoms with E-state index in [1.165, 1.54) is 13.8 Å². The van der Waals surface area contributed by atoms with E-state index >= 15 is 0 Å². The molecule has 0 aromatic heterocycles. The maximum atomic E-state index is 13.3. The fourth-order valence-corrected chi connectivity index (χ4v) is 4.49. The van der Waals surface area contributed by atoms with Gasteiger partial charge in [-0.1, -0.05) is 0 Å². The number of carbonyl (C=O) groups excluding carboxylic acids is 3. The number of fused-ring (bicyclic) bond motifs is 2. The molecule has 0 fully saturated rings. The molecule has 1 aromatic rings. The van der Waals surface area contributed by atoms with Gasteiger partial charge in [0, 0.05) is 26.0 Å². The number of hydrazone groups is 1. The lowest BCUT2D eigenvalue weighted by Crippen LogP contribution is -2.48. The Labute approximate surface area is 155 Å². The number of ether oxygens (including phenoxy) is 1. The number of amides is 3. The Morgan fingerprint density at radius 3 is 2.62 bits per heavy atom. The molecule has 3 amide bonds. The standard InChI is InChI=1S/C17H20N4O4S/c1-5-20-14-8-7-12(25-6-2)9-13(14)17(15(20)24)21(11(4)23)19-16(26-17)18-10(3)22/h7-9H,5-6H2,1-4H3,(H,18,19,22)/t17-/m0/s1. The van der Waals surface area contributed by atoms with Crippen molar-refractivity contribution in [3.05, 3.63) is 23.8 Å². The zero-order chi connectivity index (χ0) is 19.1. The molecule has 9 heteroatoms. The Balaban J connectivity index is 2.17. The molecule has 1 spiro atoms. The molecule has 0 saturated heterocycles. The second-order valence-electron chi connectivity index (χ2n) is 5.82. The van der Waals surface area contributed by atoms with E-state index in [2.05, 4.69) is 10.4 Å². The molecule has 2 heterocycles. The fraction of sp³-hybridized carbons (Fsp3) is 0.412. The molecule has 0 bridgehead atoms. The van der Waals surface area contributed by atoms with E-state index in [1.54, 1.807) is 17.0 Å². The minimum Gasteiger partial charge on any atom is -0.494 e. The van der Waals surface area contributed by atoms with Crippen molar-refractivity contribution >= 4 is 40.3 Å². The summed E-state index contributed by atoms with van der Waals surface area (Å²) in [5, 5.41) is 8.14. The van der Waals surface area contributed by atoms with Crippen molar-refractivity contribution in [2.24, 2.45) is 5.10 Å². The van der Waals surface area contributed by atoms with Crippen LogP contribution in [0.4, 0.5) is 5.69 Å². The number of amidine groups is 1. The number of thioether (sulfide) groups is 1. The Bertz CT molecular complexity index is 825. The summed E-state index contributed by atoms with van der Waals surface area (Å²) in [6.45, 7) is 7.36. The van der Waals surface area contributed by atoms with E-state index in [4.69, 9.17) is 4.74 Å². The molecule has 2 aliphatic heterocycles. The molecule has 1 aromatic carbocycles. The number of hydrogen-bond acceptors (Lipinski definition) is 6. The summed E-state index contributed by atoms with van der Waals surface area (Å²) >= 11 is 1.06. The molecule has 138 valence electrons. The maximum Gasteiger partial charge on any atom is 0.270 e. The zero-order valence-corrected chi connectivity index (χ0v) is 15.8. The number of carbonyl (C=O) groups is 3. The van der Waals surface area contributed by atoms with Gasteiger partial charge in [0.25, 0.3) is 5.91 Å². The highest BCUT2D eigenvalue weighted by Gasteiger charge is 2.61. The fourth-order valence-electron chi connectivity index (χ4n) is 3.16. The van der Waals surface area contributed by atoms with Crippen molar-refractivity contribution in [2.75, 3.05) is 18.1 Å². The van der Waals surface area contributed by atoms with Crippen LogP contribution in [0.3, 0.4) is 0 Å². The van der Waals surface area contributed by atoms with Crippen LogP contribution in [0.1, 0.15) is 33.3 Å². The lowest BCUT2D eigenvalue weighted by Gasteiger charge is -2.29. The number of hydrogen-bond donors (Lipinski definition) is 1. The van der Waals surface area contributed by atoms with Crippen LogP contribution in [0, 0.1) is 0 Å². The van der Waals surface area contributed by atoms with Gasteiger partial charge in [0.1, 0.15) is 5.75 Å². The van der Waals surface area contributed by atoms with Gasteiger partial charge in [-0.3, -0.25) is 14.4 Å². The van der Waals surface area contributed by atoms with Crippen molar-refractivity contribution in [1.29, 1.82) is 0 Å². The number of rotatable bonds is 3. The third-order valence-electron chi connectivity index (χ3n) is 4.10. The monoisotopic (exact) mass is 376 g/mol. The van der Waals surface area contributed by atoms with E-state index in [9.17, 15) is 14.4 Å². The highest BCUT2D eigenvalue weighted by atomic mass is 32.2. The maximum absolute atomic E-state index is 13.3. The first kappa shape index (κ1) is 18.2. The molecule has 3 rings (SSSR count). The average Bonchev–Trinajstić information content (AvgIpc) is 3.06. The summed E-state index contributed by atoms with van der Waals surface area (Å²) in [5.74, 6) is -0.379. The number of benzene rings is 1. The van der Waals surface area contributed by atoms with E-state index in [-0.39, 0.29) is 17.0 Å². The number of nitrogens with zero attached hydrogens (tertiary/aromatic N) is 3. The van der Waals surface area contributed by atoms with Crippen molar-refractivity contribution in [2.45, 2.75) is 32.6 Å².